The van der Waals surface area contributed by atoms with Crippen molar-refractivity contribution < 1.29 is 14.6 Å². The number of carboxylic acids is 1. The van der Waals surface area contributed by atoms with E-state index in [1.165, 1.54) is 6.08 Å². The molecule has 4 nitrogen and oxygen atoms in total. The Hall–Kier alpha value is -2.46. The van der Waals surface area contributed by atoms with Crippen LogP contribution in [0.5, 0.6) is 0 Å². The van der Waals surface area contributed by atoms with Crippen molar-refractivity contribution >= 4 is 11.5 Å². The number of carboxylic acid groups (broad SMARTS) is 1. The van der Waals surface area contributed by atoms with Crippen molar-refractivity contribution in [2.24, 2.45) is 0 Å². The van der Waals surface area contributed by atoms with Crippen molar-refractivity contribution in [2.75, 3.05) is 7.11 Å². The van der Waals surface area contributed by atoms with E-state index in [1.54, 1.807) is 26.4 Å². The zero-order valence-corrected chi connectivity index (χ0v) is 12.0. The number of aliphatic carboxylic acids is 1. The first-order valence-corrected chi connectivity index (χ1v) is 6.56. The molecular formula is C17H17NO3. The first-order chi connectivity index (χ1) is 10.1. The van der Waals surface area contributed by atoms with Gasteiger partial charge in [0.05, 0.1) is 0 Å². The van der Waals surface area contributed by atoms with Gasteiger partial charge in [-0.25, -0.2) is 4.79 Å². The zero-order chi connectivity index (χ0) is 15.2. The summed E-state index contributed by atoms with van der Waals surface area (Å²) >= 11 is 0. The summed E-state index contributed by atoms with van der Waals surface area (Å²) in [4.78, 5) is 14.8. The maximum absolute atomic E-state index is 10.7. The van der Waals surface area contributed by atoms with Crippen LogP contribution in [0.15, 0.2) is 54.9 Å². The van der Waals surface area contributed by atoms with Crippen molar-refractivity contribution in [1.82, 2.24) is 4.98 Å². The maximum Gasteiger partial charge on any atom is 0.328 e. The van der Waals surface area contributed by atoms with Crippen LogP contribution < -0.4 is 0 Å². The van der Waals surface area contributed by atoms with Crippen LogP contribution in [-0.4, -0.2) is 23.2 Å². The molecule has 108 valence electrons. The molecule has 0 saturated heterocycles. The lowest BCUT2D eigenvalue weighted by molar-refractivity contribution is -0.131. The summed E-state index contributed by atoms with van der Waals surface area (Å²) in [6.07, 6.45) is 4.51. The van der Waals surface area contributed by atoms with Crippen LogP contribution in [0.4, 0.5) is 0 Å². The van der Waals surface area contributed by atoms with Gasteiger partial charge >= 0.3 is 5.97 Å². The number of nitrogens with zero attached hydrogens (tertiary/aromatic N) is 1. The fourth-order valence-electron chi connectivity index (χ4n) is 2.19. The van der Waals surface area contributed by atoms with Gasteiger partial charge in [-0.3, -0.25) is 4.98 Å². The van der Waals surface area contributed by atoms with Crippen molar-refractivity contribution in [3.63, 3.8) is 0 Å². The van der Waals surface area contributed by atoms with Gasteiger partial charge in [0.15, 0.2) is 0 Å². The number of allylic oxidation sites excluding steroid dienone is 1. The number of carbonyl (C=O) groups is 1. The molecular weight excluding hydrogens is 266 g/mol. The standard InChI is InChI=1S/C17H17NO3/c1-12(10-16(19)20)13-5-7-14(8-6-13)17(21-2)15-4-3-9-18-11-15/h3-11,17H,1-2H3,(H,19,20). The fourth-order valence-corrected chi connectivity index (χ4v) is 2.19. The molecule has 1 unspecified atom stereocenters. The Bertz CT molecular complexity index is 633. The number of benzene rings is 1. The molecule has 0 amide bonds. The van der Waals surface area contributed by atoms with Crippen molar-refractivity contribution in [3.8, 4) is 0 Å². The number of hydrogen-bond acceptors (Lipinski definition) is 3. The molecule has 4 heteroatoms. The molecule has 1 aromatic carbocycles. The number of aromatic nitrogens is 1. The average Bonchev–Trinajstić information content (AvgIpc) is 2.49. The van der Waals surface area contributed by atoms with Gasteiger partial charge in [0.25, 0.3) is 0 Å². The Morgan fingerprint density at radius 3 is 2.48 bits per heavy atom. The summed E-state index contributed by atoms with van der Waals surface area (Å²) < 4.78 is 5.54. The largest absolute Gasteiger partial charge is 0.478 e. The second kappa shape index (κ2) is 6.81. The molecule has 1 N–H and O–H groups in total. The SMILES string of the molecule is COC(c1ccc(C(C)=CC(=O)O)cc1)c1cccnc1. The molecule has 2 rings (SSSR count). The monoisotopic (exact) mass is 283 g/mol. The van der Waals surface area contributed by atoms with Gasteiger partial charge in [-0.1, -0.05) is 30.3 Å². The number of pyridine rings is 1. The van der Waals surface area contributed by atoms with Gasteiger partial charge in [-0.2, -0.15) is 0 Å². The summed E-state index contributed by atoms with van der Waals surface area (Å²) in [5.41, 5.74) is 3.56. The average molecular weight is 283 g/mol. The van der Waals surface area contributed by atoms with Crippen LogP contribution in [0.1, 0.15) is 29.7 Å². The number of rotatable bonds is 5. The Kier molecular flexibility index (Phi) is 4.85. The van der Waals surface area contributed by atoms with Crippen molar-refractivity contribution in [1.29, 1.82) is 0 Å². The highest BCUT2D eigenvalue weighted by atomic mass is 16.5. The topological polar surface area (TPSA) is 59.4 Å². The van der Waals surface area contributed by atoms with Gasteiger partial charge in [0, 0.05) is 31.1 Å². The molecule has 0 saturated carbocycles. The summed E-state index contributed by atoms with van der Waals surface area (Å²) in [5.74, 6) is -0.943. The van der Waals surface area contributed by atoms with E-state index in [9.17, 15) is 4.79 Å². The normalized spacial score (nSPS) is 13.0. The van der Waals surface area contributed by atoms with Crippen molar-refractivity contribution in [2.45, 2.75) is 13.0 Å². The smallest absolute Gasteiger partial charge is 0.328 e. The molecule has 0 spiro atoms. The highest BCUT2D eigenvalue weighted by Crippen LogP contribution is 2.26. The van der Waals surface area contributed by atoms with Crippen LogP contribution in [-0.2, 0) is 9.53 Å². The Morgan fingerprint density at radius 2 is 1.95 bits per heavy atom. The van der Waals surface area contributed by atoms with Crippen LogP contribution in [0.25, 0.3) is 5.57 Å². The van der Waals surface area contributed by atoms with E-state index in [0.717, 1.165) is 16.7 Å². The van der Waals surface area contributed by atoms with E-state index in [-0.39, 0.29) is 6.10 Å². The van der Waals surface area contributed by atoms with Crippen LogP contribution in [0, 0.1) is 0 Å². The first-order valence-electron chi connectivity index (χ1n) is 6.56. The molecule has 1 heterocycles. The molecule has 21 heavy (non-hydrogen) atoms. The molecule has 0 radical (unpaired) electrons. The molecule has 0 aliphatic carbocycles. The second-order valence-corrected chi connectivity index (χ2v) is 4.69. The molecule has 1 atom stereocenters. The lowest BCUT2D eigenvalue weighted by atomic mass is 9.99. The minimum atomic E-state index is -0.943. The third-order valence-corrected chi connectivity index (χ3v) is 3.23. The molecule has 0 bridgehead atoms. The van der Waals surface area contributed by atoms with Crippen LogP contribution in [0.2, 0.25) is 0 Å². The molecule has 0 aliphatic heterocycles. The summed E-state index contributed by atoms with van der Waals surface area (Å²) in [7, 11) is 1.65. The Morgan fingerprint density at radius 1 is 1.24 bits per heavy atom. The minimum Gasteiger partial charge on any atom is -0.478 e. The highest BCUT2D eigenvalue weighted by molar-refractivity contribution is 5.89. The van der Waals surface area contributed by atoms with E-state index in [1.807, 2.05) is 36.4 Å². The van der Waals surface area contributed by atoms with Gasteiger partial charge in [0.2, 0.25) is 0 Å². The highest BCUT2D eigenvalue weighted by Gasteiger charge is 2.13. The minimum absolute atomic E-state index is 0.184. The molecule has 0 aliphatic rings. The first kappa shape index (κ1) is 14.9. The van der Waals surface area contributed by atoms with Gasteiger partial charge in [-0.05, 0) is 29.7 Å². The van der Waals surface area contributed by atoms with Crippen LogP contribution >= 0.6 is 0 Å². The summed E-state index contributed by atoms with van der Waals surface area (Å²) in [6, 6.07) is 11.5. The predicted octanol–water partition coefficient (Wildman–Crippen LogP) is 3.31. The zero-order valence-electron chi connectivity index (χ0n) is 12.0. The van der Waals surface area contributed by atoms with Crippen molar-refractivity contribution in [3.05, 3.63) is 71.6 Å². The van der Waals surface area contributed by atoms with E-state index in [2.05, 4.69) is 4.98 Å². The third-order valence-electron chi connectivity index (χ3n) is 3.23. The quantitative estimate of drug-likeness (QED) is 0.855. The number of hydrogen-bond donors (Lipinski definition) is 1. The molecule has 1 aromatic heterocycles. The Labute approximate surface area is 123 Å². The van der Waals surface area contributed by atoms with Gasteiger partial charge in [-0.15, -0.1) is 0 Å². The predicted molar refractivity (Wildman–Crippen MR) is 80.8 cm³/mol. The lowest BCUT2D eigenvalue weighted by Gasteiger charge is -2.16. The van der Waals surface area contributed by atoms with E-state index < -0.39 is 5.97 Å². The third kappa shape index (κ3) is 3.77. The molecule has 0 fully saturated rings. The summed E-state index contributed by atoms with van der Waals surface area (Å²) in [5, 5.41) is 8.77. The molecule has 2 aromatic rings. The van der Waals surface area contributed by atoms with Crippen LogP contribution in [0.3, 0.4) is 0 Å². The fraction of sp³-hybridized carbons (Fsp3) is 0.176. The summed E-state index contributed by atoms with van der Waals surface area (Å²) in [6.45, 7) is 1.78. The van der Waals surface area contributed by atoms with Gasteiger partial charge in [0.1, 0.15) is 6.10 Å². The number of ether oxygens (including phenoxy) is 1. The second-order valence-electron chi connectivity index (χ2n) is 4.69. The lowest BCUT2D eigenvalue weighted by Crippen LogP contribution is -2.03. The Balaban J connectivity index is 2.27. The maximum atomic E-state index is 10.7. The van der Waals surface area contributed by atoms with E-state index >= 15 is 0 Å². The van der Waals surface area contributed by atoms with Gasteiger partial charge < -0.3 is 9.84 Å². The van der Waals surface area contributed by atoms with E-state index in [4.69, 9.17) is 9.84 Å². The van der Waals surface area contributed by atoms with E-state index in [0.29, 0.717) is 5.57 Å². The number of methoxy groups -OCH3 is 1.